The van der Waals surface area contributed by atoms with Gasteiger partial charge in [0.05, 0.1) is 0 Å². The number of hydrogen-bond donors (Lipinski definition) is 0. The van der Waals surface area contributed by atoms with Gasteiger partial charge in [-0.25, -0.2) is 0 Å². The third kappa shape index (κ3) is 19.3. The van der Waals surface area contributed by atoms with E-state index >= 15 is 0 Å². The van der Waals surface area contributed by atoms with Crippen molar-refractivity contribution < 1.29 is 0 Å². The summed E-state index contributed by atoms with van der Waals surface area (Å²) >= 11 is 0. The molecule has 0 aromatic heterocycles. The first kappa shape index (κ1) is 11.0. The topological polar surface area (TPSA) is 24.7 Å². The molecule has 52 valence electrons. The van der Waals surface area contributed by atoms with Crippen LogP contribution >= 0.6 is 0 Å². The second-order valence-electron chi connectivity index (χ2n) is 0.874. The Labute approximate surface area is 57.0 Å². The lowest BCUT2D eigenvalue weighted by Gasteiger charge is -1.66. The molecule has 0 aliphatic rings. The van der Waals surface area contributed by atoms with E-state index in [9.17, 15) is 0 Å². The lowest BCUT2D eigenvalue weighted by atomic mass is 10.7. The summed E-state index contributed by atoms with van der Waals surface area (Å²) in [5.74, 6) is 0. The molecule has 2 nitrogen and oxygen atoms in total. The van der Waals surface area contributed by atoms with Crippen LogP contribution in [0.15, 0.2) is 22.9 Å². The van der Waals surface area contributed by atoms with Crippen LogP contribution in [-0.2, 0) is 0 Å². The highest BCUT2D eigenvalue weighted by Gasteiger charge is 1.52. The summed E-state index contributed by atoms with van der Waals surface area (Å²) in [7, 11) is 0. The van der Waals surface area contributed by atoms with Crippen LogP contribution in [0.25, 0.3) is 0 Å². The van der Waals surface area contributed by atoms with Gasteiger partial charge in [0.25, 0.3) is 0 Å². The molecule has 0 unspecified atom stereocenters. The fourth-order valence-corrected chi connectivity index (χ4v) is 0.152. The van der Waals surface area contributed by atoms with E-state index in [1.165, 1.54) is 6.21 Å². The fraction of sp³-hybridized carbons (Fsp3) is 0.429. The van der Waals surface area contributed by atoms with Crippen molar-refractivity contribution in [3.8, 4) is 0 Å². The Hall–Kier alpha value is -0.920. The van der Waals surface area contributed by atoms with Crippen molar-refractivity contribution in [1.82, 2.24) is 0 Å². The Morgan fingerprint density at radius 3 is 2.11 bits per heavy atom. The minimum atomic E-state index is 1.53. The average Bonchev–Trinajstić information content (AvgIpc) is 1.94. The van der Waals surface area contributed by atoms with E-state index in [0.717, 1.165) is 0 Å². The van der Waals surface area contributed by atoms with Crippen LogP contribution in [0, 0.1) is 0 Å². The molecule has 0 aliphatic heterocycles. The van der Waals surface area contributed by atoms with E-state index in [0.29, 0.717) is 0 Å². The molecule has 9 heavy (non-hydrogen) atoms. The summed E-state index contributed by atoms with van der Waals surface area (Å²) in [6, 6.07) is 0. The molecule has 0 spiro atoms. The van der Waals surface area contributed by atoms with Gasteiger partial charge in [0, 0.05) is 12.4 Å². The van der Waals surface area contributed by atoms with Crippen molar-refractivity contribution in [3.63, 3.8) is 0 Å². The predicted molar refractivity (Wildman–Crippen MR) is 44.2 cm³/mol. The maximum Gasteiger partial charge on any atom is 0.0489 e. The van der Waals surface area contributed by atoms with Gasteiger partial charge in [0.1, 0.15) is 0 Å². The summed E-state index contributed by atoms with van der Waals surface area (Å²) in [5.41, 5.74) is 0. The number of rotatable bonds is 2. The van der Waals surface area contributed by atoms with Crippen molar-refractivity contribution in [1.29, 1.82) is 0 Å². The summed E-state index contributed by atoms with van der Waals surface area (Å²) < 4.78 is 0. The van der Waals surface area contributed by atoms with E-state index in [2.05, 4.69) is 16.8 Å². The van der Waals surface area contributed by atoms with Gasteiger partial charge in [0.2, 0.25) is 0 Å². The monoisotopic (exact) mass is 126 g/mol. The number of hydrogen-bond acceptors (Lipinski definition) is 2. The second-order valence-corrected chi connectivity index (χ2v) is 0.874. The summed E-state index contributed by atoms with van der Waals surface area (Å²) in [6.07, 6.45) is 4.72. The maximum atomic E-state index is 3.53. The minimum absolute atomic E-state index is 1.53. The van der Waals surface area contributed by atoms with Gasteiger partial charge in [0.15, 0.2) is 0 Å². The van der Waals surface area contributed by atoms with Crippen LogP contribution < -0.4 is 0 Å². The fourth-order valence-electron chi connectivity index (χ4n) is 0.152. The number of nitrogens with zero attached hydrogens (tertiary/aromatic N) is 2. The lowest BCUT2D eigenvalue weighted by molar-refractivity contribution is 1.27. The standard InChI is InChI=1S/C5H8N2.C2H6/c1-3-5-7-6-4-2;1-2/h3-5H,1H2,2H3;1-2H3/b6-4-,7-5-;. The molecule has 0 aliphatic carbocycles. The molecule has 0 N–H and O–H groups in total. The zero-order valence-corrected chi connectivity index (χ0v) is 6.33. The maximum absolute atomic E-state index is 3.53. The molecule has 0 radical (unpaired) electrons. The van der Waals surface area contributed by atoms with Gasteiger partial charge in [-0.2, -0.15) is 10.2 Å². The van der Waals surface area contributed by atoms with Crippen molar-refractivity contribution in [3.05, 3.63) is 12.7 Å². The average molecular weight is 126 g/mol. The molecule has 0 bridgehead atoms. The molecular weight excluding hydrogens is 112 g/mol. The van der Waals surface area contributed by atoms with Gasteiger partial charge in [-0.05, 0) is 13.0 Å². The highest BCUT2D eigenvalue weighted by atomic mass is 15.2. The quantitative estimate of drug-likeness (QED) is 0.400. The SMILES string of the molecule is C=C/C=N\N=C/C.CC. The van der Waals surface area contributed by atoms with Crippen molar-refractivity contribution in [2.45, 2.75) is 20.8 Å². The molecule has 0 fully saturated rings. The van der Waals surface area contributed by atoms with Gasteiger partial charge in [-0.15, -0.1) is 0 Å². The van der Waals surface area contributed by atoms with Gasteiger partial charge in [-0.1, -0.05) is 20.4 Å². The summed E-state index contributed by atoms with van der Waals surface area (Å²) in [6.45, 7) is 9.22. The Bertz CT molecular complexity index is 93.1. The minimum Gasteiger partial charge on any atom is -0.164 e. The lowest BCUT2D eigenvalue weighted by Crippen LogP contribution is -1.58. The molecule has 0 aromatic rings. The third-order valence-corrected chi connectivity index (χ3v) is 0.354. The normalized spacial score (nSPS) is 9.22. The van der Waals surface area contributed by atoms with Crippen LogP contribution in [0.3, 0.4) is 0 Å². The van der Waals surface area contributed by atoms with Gasteiger partial charge in [-0.3, -0.25) is 0 Å². The predicted octanol–water partition coefficient (Wildman–Crippen LogP) is 2.28. The van der Waals surface area contributed by atoms with Gasteiger partial charge < -0.3 is 0 Å². The van der Waals surface area contributed by atoms with E-state index < -0.39 is 0 Å². The van der Waals surface area contributed by atoms with E-state index in [4.69, 9.17) is 0 Å². The first-order valence-electron chi connectivity index (χ1n) is 3.04. The zero-order chi connectivity index (χ0) is 7.54. The summed E-state index contributed by atoms with van der Waals surface area (Å²) in [4.78, 5) is 0. The van der Waals surface area contributed by atoms with Crippen molar-refractivity contribution >= 4 is 12.4 Å². The first-order chi connectivity index (χ1) is 4.41. The van der Waals surface area contributed by atoms with Crippen molar-refractivity contribution in [2.75, 3.05) is 0 Å². The van der Waals surface area contributed by atoms with Crippen LogP contribution in [-0.4, -0.2) is 12.4 Å². The molecule has 0 rings (SSSR count). The third-order valence-electron chi connectivity index (χ3n) is 0.354. The highest BCUT2D eigenvalue weighted by Crippen LogP contribution is 1.63. The Balaban J connectivity index is 0. The van der Waals surface area contributed by atoms with Crippen LogP contribution in [0.4, 0.5) is 0 Å². The van der Waals surface area contributed by atoms with Crippen LogP contribution in [0.1, 0.15) is 20.8 Å². The van der Waals surface area contributed by atoms with Crippen LogP contribution in [0.2, 0.25) is 0 Å². The Kier molecular flexibility index (Phi) is 19.1. The van der Waals surface area contributed by atoms with E-state index in [1.807, 2.05) is 13.8 Å². The summed E-state index contributed by atoms with van der Waals surface area (Å²) in [5, 5.41) is 7.07. The van der Waals surface area contributed by atoms with E-state index in [-0.39, 0.29) is 0 Å². The molecule has 0 saturated heterocycles. The molecule has 2 heteroatoms. The van der Waals surface area contributed by atoms with Crippen molar-refractivity contribution in [2.24, 2.45) is 10.2 Å². The Morgan fingerprint density at radius 1 is 1.22 bits per heavy atom. The number of allylic oxidation sites excluding steroid dienone is 1. The molecular formula is C7H14N2. The highest BCUT2D eigenvalue weighted by molar-refractivity contribution is 5.70. The molecule has 0 saturated carbocycles. The van der Waals surface area contributed by atoms with Crippen LogP contribution in [0.5, 0.6) is 0 Å². The Morgan fingerprint density at radius 2 is 1.78 bits per heavy atom. The molecule has 0 heterocycles. The smallest absolute Gasteiger partial charge is 0.0489 e. The van der Waals surface area contributed by atoms with Gasteiger partial charge >= 0.3 is 0 Å². The zero-order valence-electron chi connectivity index (χ0n) is 6.33. The second kappa shape index (κ2) is 15.7. The first-order valence-corrected chi connectivity index (χ1v) is 3.04. The van der Waals surface area contributed by atoms with E-state index in [1.54, 1.807) is 19.2 Å². The molecule has 0 amide bonds. The largest absolute Gasteiger partial charge is 0.164 e. The molecule has 0 aromatic carbocycles. The molecule has 0 atom stereocenters.